The predicted octanol–water partition coefficient (Wildman–Crippen LogP) is 0.0393. The molecule has 19 heavy (non-hydrogen) atoms. The zero-order valence-electron chi connectivity index (χ0n) is 11.3. The molecular formula is C12H20N4O3. The van der Waals surface area contributed by atoms with Crippen LogP contribution in [0.2, 0.25) is 0 Å². The van der Waals surface area contributed by atoms with E-state index in [9.17, 15) is 9.59 Å². The molecule has 1 aromatic rings. The number of nitrogens with zero attached hydrogens (tertiary/aromatic N) is 3. The van der Waals surface area contributed by atoms with Gasteiger partial charge in [0.15, 0.2) is 0 Å². The molecule has 0 aliphatic rings. The van der Waals surface area contributed by atoms with E-state index in [2.05, 4.69) is 29.2 Å². The number of rotatable bonds is 8. The first-order valence-electron chi connectivity index (χ1n) is 6.31. The molecule has 1 amide bonds. The van der Waals surface area contributed by atoms with E-state index < -0.39 is 5.97 Å². The van der Waals surface area contributed by atoms with E-state index in [0.717, 1.165) is 19.6 Å². The molecule has 0 saturated heterocycles. The number of aliphatic carboxylic acids is 1. The van der Waals surface area contributed by atoms with Crippen molar-refractivity contribution in [2.75, 3.05) is 26.2 Å². The highest BCUT2D eigenvalue weighted by Crippen LogP contribution is 1.97. The van der Waals surface area contributed by atoms with Crippen molar-refractivity contribution in [2.45, 2.75) is 20.4 Å². The fourth-order valence-electron chi connectivity index (χ4n) is 1.68. The second-order valence-corrected chi connectivity index (χ2v) is 4.10. The molecule has 1 rings (SSSR count). The quantitative estimate of drug-likeness (QED) is 0.695. The van der Waals surface area contributed by atoms with E-state index in [-0.39, 0.29) is 12.5 Å². The molecule has 0 radical (unpaired) electrons. The molecule has 0 aliphatic carbocycles. The Kier molecular flexibility index (Phi) is 6.01. The molecule has 106 valence electrons. The van der Waals surface area contributed by atoms with Crippen molar-refractivity contribution in [1.82, 2.24) is 20.0 Å². The minimum absolute atomic E-state index is 0.233. The van der Waals surface area contributed by atoms with Crippen molar-refractivity contribution in [1.29, 1.82) is 0 Å². The Balaban J connectivity index is 2.41. The molecule has 0 fully saturated rings. The number of likely N-dealkylation sites (N-methyl/N-ethyl adjacent to an activating group) is 1. The standard InChI is InChI=1S/C12H20N4O3/c1-3-15(4-2)6-5-13-12(19)10-7-14-16(8-10)9-11(17)18/h7-8H,3-6,9H2,1-2H3,(H,13,19)(H,17,18). The van der Waals surface area contributed by atoms with E-state index in [1.807, 2.05) is 0 Å². The minimum atomic E-state index is -0.989. The first kappa shape index (κ1) is 15.2. The van der Waals surface area contributed by atoms with Crippen LogP contribution in [0.1, 0.15) is 24.2 Å². The Morgan fingerprint density at radius 1 is 1.42 bits per heavy atom. The van der Waals surface area contributed by atoms with Gasteiger partial charge in [-0.15, -0.1) is 0 Å². The minimum Gasteiger partial charge on any atom is -0.480 e. The maximum atomic E-state index is 11.8. The smallest absolute Gasteiger partial charge is 0.325 e. The van der Waals surface area contributed by atoms with Gasteiger partial charge in [-0.25, -0.2) is 0 Å². The van der Waals surface area contributed by atoms with E-state index in [4.69, 9.17) is 5.11 Å². The van der Waals surface area contributed by atoms with Gasteiger partial charge in [0.05, 0.1) is 11.8 Å². The maximum Gasteiger partial charge on any atom is 0.325 e. The number of carbonyl (C=O) groups excluding carboxylic acids is 1. The maximum absolute atomic E-state index is 11.8. The Hall–Kier alpha value is -1.89. The van der Waals surface area contributed by atoms with E-state index >= 15 is 0 Å². The third-order valence-corrected chi connectivity index (χ3v) is 2.80. The van der Waals surface area contributed by atoms with Crippen LogP contribution in [0.15, 0.2) is 12.4 Å². The second kappa shape index (κ2) is 7.52. The van der Waals surface area contributed by atoms with Crippen LogP contribution in [-0.4, -0.2) is 57.8 Å². The monoisotopic (exact) mass is 268 g/mol. The molecule has 7 nitrogen and oxygen atoms in total. The molecule has 0 spiro atoms. The van der Waals surface area contributed by atoms with Gasteiger partial charge in [0, 0.05) is 19.3 Å². The molecule has 0 bridgehead atoms. The summed E-state index contributed by atoms with van der Waals surface area (Å²) in [6.07, 6.45) is 2.80. The molecule has 1 heterocycles. The molecule has 0 aromatic carbocycles. The number of carboxylic acids is 1. The van der Waals surface area contributed by atoms with Gasteiger partial charge in [-0.05, 0) is 13.1 Å². The van der Waals surface area contributed by atoms with Crippen LogP contribution in [0.25, 0.3) is 0 Å². The highest BCUT2D eigenvalue weighted by molar-refractivity contribution is 5.93. The van der Waals surface area contributed by atoms with Crippen molar-refractivity contribution < 1.29 is 14.7 Å². The number of hydrogen-bond acceptors (Lipinski definition) is 4. The van der Waals surface area contributed by atoms with E-state index in [1.165, 1.54) is 17.1 Å². The second-order valence-electron chi connectivity index (χ2n) is 4.10. The summed E-state index contributed by atoms with van der Waals surface area (Å²) >= 11 is 0. The third kappa shape index (κ3) is 5.09. The Morgan fingerprint density at radius 3 is 2.68 bits per heavy atom. The van der Waals surface area contributed by atoms with Gasteiger partial charge in [-0.1, -0.05) is 13.8 Å². The summed E-state index contributed by atoms with van der Waals surface area (Å²) in [5.41, 5.74) is 0.376. The van der Waals surface area contributed by atoms with Gasteiger partial charge < -0.3 is 15.3 Å². The number of aromatic nitrogens is 2. The average molecular weight is 268 g/mol. The zero-order valence-corrected chi connectivity index (χ0v) is 11.3. The molecule has 0 unspecified atom stereocenters. The van der Waals surface area contributed by atoms with Crippen molar-refractivity contribution in [3.63, 3.8) is 0 Å². The van der Waals surface area contributed by atoms with Gasteiger partial charge >= 0.3 is 5.97 Å². The lowest BCUT2D eigenvalue weighted by Crippen LogP contribution is -2.34. The average Bonchev–Trinajstić information content (AvgIpc) is 2.82. The summed E-state index contributed by atoms with van der Waals surface area (Å²) in [4.78, 5) is 24.5. The summed E-state index contributed by atoms with van der Waals surface area (Å²) in [6, 6.07) is 0. The number of nitrogens with one attached hydrogen (secondary N) is 1. The molecule has 0 saturated carbocycles. The van der Waals surface area contributed by atoms with Crippen LogP contribution in [0.3, 0.4) is 0 Å². The van der Waals surface area contributed by atoms with Crippen molar-refractivity contribution in [3.8, 4) is 0 Å². The Bertz CT molecular complexity index is 426. The van der Waals surface area contributed by atoms with Crippen molar-refractivity contribution in [3.05, 3.63) is 18.0 Å². The molecular weight excluding hydrogens is 248 g/mol. The van der Waals surface area contributed by atoms with Gasteiger partial charge in [-0.3, -0.25) is 14.3 Å². The Morgan fingerprint density at radius 2 is 2.11 bits per heavy atom. The number of carbonyl (C=O) groups is 2. The largest absolute Gasteiger partial charge is 0.480 e. The first-order chi connectivity index (χ1) is 9.06. The van der Waals surface area contributed by atoms with Gasteiger partial charge in [-0.2, -0.15) is 5.10 Å². The van der Waals surface area contributed by atoms with Crippen LogP contribution in [0.5, 0.6) is 0 Å². The van der Waals surface area contributed by atoms with Crippen LogP contribution in [-0.2, 0) is 11.3 Å². The predicted molar refractivity (Wildman–Crippen MR) is 70.0 cm³/mol. The van der Waals surface area contributed by atoms with Crippen molar-refractivity contribution in [2.24, 2.45) is 0 Å². The van der Waals surface area contributed by atoms with Crippen LogP contribution >= 0.6 is 0 Å². The topological polar surface area (TPSA) is 87.5 Å². The zero-order chi connectivity index (χ0) is 14.3. The van der Waals surface area contributed by atoms with Gasteiger partial charge in [0.1, 0.15) is 6.54 Å². The fraction of sp³-hybridized carbons (Fsp3) is 0.583. The summed E-state index contributed by atoms with van der Waals surface area (Å²) < 4.78 is 1.22. The van der Waals surface area contributed by atoms with Gasteiger partial charge in [0.25, 0.3) is 5.91 Å². The number of hydrogen-bond donors (Lipinski definition) is 2. The van der Waals surface area contributed by atoms with Crippen LogP contribution in [0, 0.1) is 0 Å². The fourth-order valence-corrected chi connectivity index (χ4v) is 1.68. The van der Waals surface area contributed by atoms with Crippen LogP contribution < -0.4 is 5.32 Å². The van der Waals surface area contributed by atoms with Gasteiger partial charge in [0.2, 0.25) is 0 Å². The third-order valence-electron chi connectivity index (χ3n) is 2.80. The Labute approximate surface area is 112 Å². The normalized spacial score (nSPS) is 10.7. The number of carboxylic acid groups (broad SMARTS) is 1. The molecule has 0 aliphatic heterocycles. The van der Waals surface area contributed by atoms with Crippen LogP contribution in [0.4, 0.5) is 0 Å². The first-order valence-corrected chi connectivity index (χ1v) is 6.31. The summed E-state index contributed by atoms with van der Waals surface area (Å²) in [5, 5.41) is 15.2. The lowest BCUT2D eigenvalue weighted by molar-refractivity contribution is -0.137. The highest BCUT2D eigenvalue weighted by atomic mass is 16.4. The summed E-state index contributed by atoms with van der Waals surface area (Å²) in [6.45, 7) is 7.15. The van der Waals surface area contributed by atoms with Crippen molar-refractivity contribution >= 4 is 11.9 Å². The molecule has 7 heteroatoms. The highest BCUT2D eigenvalue weighted by Gasteiger charge is 2.09. The summed E-state index contributed by atoms with van der Waals surface area (Å²) in [7, 11) is 0. The van der Waals surface area contributed by atoms with E-state index in [1.54, 1.807) is 0 Å². The number of amides is 1. The SMILES string of the molecule is CCN(CC)CCNC(=O)c1cnn(CC(=O)O)c1. The molecule has 0 atom stereocenters. The summed E-state index contributed by atoms with van der Waals surface area (Å²) in [5.74, 6) is -1.22. The lowest BCUT2D eigenvalue weighted by Gasteiger charge is -2.17. The molecule has 1 aromatic heterocycles. The van der Waals surface area contributed by atoms with E-state index in [0.29, 0.717) is 12.1 Å². The molecule has 2 N–H and O–H groups in total. The lowest BCUT2D eigenvalue weighted by atomic mass is 10.3.